The minimum atomic E-state index is -0.461. The molecule has 0 saturated carbocycles. The largest absolute Gasteiger partial charge is 0.366 e. The van der Waals surface area contributed by atoms with Crippen molar-refractivity contribution in [1.82, 2.24) is 0 Å². The van der Waals surface area contributed by atoms with Gasteiger partial charge in [-0.05, 0) is 44.0 Å². The number of rotatable bonds is 5. The number of Topliss-reactive ketones (excluding diaryl/α,β-unsaturated/α-hetero) is 1. The Labute approximate surface area is 134 Å². The molecule has 2 aromatic carbocycles. The molecule has 0 saturated heterocycles. The fourth-order valence-corrected chi connectivity index (χ4v) is 2.53. The zero-order valence-corrected chi connectivity index (χ0v) is 14.1. The highest BCUT2D eigenvalue weighted by molar-refractivity contribution is 9.10. The van der Waals surface area contributed by atoms with Gasteiger partial charge in [0.15, 0.2) is 5.78 Å². The smallest absolute Gasteiger partial charge is 0.191 e. The lowest BCUT2D eigenvalue weighted by Gasteiger charge is -2.14. The molecule has 0 aliphatic rings. The van der Waals surface area contributed by atoms with Gasteiger partial charge in [-0.2, -0.15) is 0 Å². The molecule has 3 heteroatoms. The molecule has 0 aliphatic heterocycles. The van der Waals surface area contributed by atoms with Crippen LogP contribution in [0.5, 0.6) is 0 Å². The summed E-state index contributed by atoms with van der Waals surface area (Å²) < 4.78 is 6.74. The first-order chi connectivity index (χ1) is 9.99. The zero-order valence-electron chi connectivity index (χ0n) is 12.5. The van der Waals surface area contributed by atoms with E-state index in [0.717, 1.165) is 26.7 Å². The van der Waals surface area contributed by atoms with Crippen LogP contribution in [0.3, 0.4) is 0 Å². The minimum absolute atomic E-state index is 0.0308. The topological polar surface area (TPSA) is 26.3 Å². The lowest BCUT2D eigenvalue weighted by molar-refractivity contribution is 0.0410. The van der Waals surface area contributed by atoms with Gasteiger partial charge in [0.1, 0.15) is 6.10 Å². The van der Waals surface area contributed by atoms with Gasteiger partial charge < -0.3 is 4.74 Å². The Bertz CT molecular complexity index is 649. The van der Waals surface area contributed by atoms with Crippen LogP contribution >= 0.6 is 15.9 Å². The molecular formula is C18H19BrO2. The molecule has 0 spiro atoms. The second kappa shape index (κ2) is 7.01. The average Bonchev–Trinajstić information content (AvgIpc) is 2.48. The Kier molecular flexibility index (Phi) is 5.32. The van der Waals surface area contributed by atoms with Gasteiger partial charge in [-0.25, -0.2) is 0 Å². The molecule has 0 N–H and O–H groups in total. The molecule has 1 unspecified atom stereocenters. The van der Waals surface area contributed by atoms with Gasteiger partial charge in [0.2, 0.25) is 0 Å². The van der Waals surface area contributed by atoms with Crippen LogP contribution in [0.1, 0.15) is 34.0 Å². The molecule has 2 rings (SSSR count). The molecule has 110 valence electrons. The van der Waals surface area contributed by atoms with Crippen LogP contribution in [0.4, 0.5) is 0 Å². The van der Waals surface area contributed by atoms with E-state index in [4.69, 9.17) is 4.74 Å². The number of carbonyl (C=O) groups excluding carboxylic acids is 1. The van der Waals surface area contributed by atoms with Gasteiger partial charge in [-0.15, -0.1) is 0 Å². The van der Waals surface area contributed by atoms with E-state index in [0.29, 0.717) is 6.61 Å². The number of benzene rings is 2. The van der Waals surface area contributed by atoms with Crippen molar-refractivity contribution in [1.29, 1.82) is 0 Å². The van der Waals surface area contributed by atoms with Crippen LogP contribution in [-0.4, -0.2) is 11.9 Å². The van der Waals surface area contributed by atoms with Crippen molar-refractivity contribution in [2.24, 2.45) is 0 Å². The molecular weight excluding hydrogens is 328 g/mol. The van der Waals surface area contributed by atoms with Gasteiger partial charge in [0, 0.05) is 10.0 Å². The fraction of sp³-hybridized carbons (Fsp3) is 0.278. The van der Waals surface area contributed by atoms with Gasteiger partial charge in [-0.3, -0.25) is 4.79 Å². The van der Waals surface area contributed by atoms with E-state index in [1.165, 1.54) is 0 Å². The summed E-state index contributed by atoms with van der Waals surface area (Å²) >= 11 is 3.48. The molecule has 0 amide bonds. The predicted molar refractivity (Wildman–Crippen MR) is 88.6 cm³/mol. The van der Waals surface area contributed by atoms with Gasteiger partial charge in [0.25, 0.3) is 0 Å². The molecule has 0 aromatic heterocycles. The number of ketones is 1. The first kappa shape index (κ1) is 15.9. The maximum absolute atomic E-state index is 12.5. The third kappa shape index (κ3) is 4.02. The molecule has 0 aliphatic carbocycles. The van der Waals surface area contributed by atoms with Crippen molar-refractivity contribution >= 4 is 21.7 Å². The number of halogens is 1. The molecule has 21 heavy (non-hydrogen) atoms. The molecule has 0 radical (unpaired) electrons. The van der Waals surface area contributed by atoms with Crippen molar-refractivity contribution in [2.75, 3.05) is 0 Å². The number of carbonyl (C=O) groups is 1. The highest BCUT2D eigenvalue weighted by atomic mass is 79.9. The van der Waals surface area contributed by atoms with Crippen molar-refractivity contribution in [3.63, 3.8) is 0 Å². The highest BCUT2D eigenvalue weighted by Gasteiger charge is 2.18. The van der Waals surface area contributed by atoms with Crippen LogP contribution in [0, 0.1) is 13.8 Å². The molecule has 0 fully saturated rings. The first-order valence-corrected chi connectivity index (χ1v) is 7.75. The maximum Gasteiger partial charge on any atom is 0.191 e. The summed E-state index contributed by atoms with van der Waals surface area (Å²) in [6.07, 6.45) is -0.461. The number of ether oxygens (including phenoxy) is 1. The third-order valence-electron chi connectivity index (χ3n) is 3.47. The zero-order chi connectivity index (χ0) is 15.4. The summed E-state index contributed by atoms with van der Waals surface area (Å²) in [7, 11) is 0. The molecule has 1 atom stereocenters. The maximum atomic E-state index is 12.5. The van der Waals surface area contributed by atoms with Gasteiger partial charge in [-0.1, -0.05) is 51.8 Å². The summed E-state index contributed by atoms with van der Waals surface area (Å²) in [5.74, 6) is 0.0308. The molecule has 2 nitrogen and oxygen atoms in total. The first-order valence-electron chi connectivity index (χ1n) is 6.95. The van der Waals surface area contributed by atoms with Crippen LogP contribution < -0.4 is 0 Å². The Morgan fingerprint density at radius 1 is 1.19 bits per heavy atom. The SMILES string of the molecule is Cc1ccc(C)c(C(=O)C(C)OCc2ccccc2Br)c1. The van der Waals surface area contributed by atoms with E-state index in [1.807, 2.05) is 56.3 Å². The number of hydrogen-bond acceptors (Lipinski definition) is 2. The molecule has 2 aromatic rings. The van der Waals surface area contributed by atoms with E-state index in [1.54, 1.807) is 6.92 Å². The summed E-state index contributed by atoms with van der Waals surface area (Å²) in [5.41, 5.74) is 3.86. The summed E-state index contributed by atoms with van der Waals surface area (Å²) in [6.45, 7) is 6.16. The monoisotopic (exact) mass is 346 g/mol. The third-order valence-corrected chi connectivity index (χ3v) is 4.25. The standard InChI is InChI=1S/C18H19BrO2/c1-12-8-9-13(2)16(10-12)18(20)14(3)21-11-15-6-4-5-7-17(15)19/h4-10,14H,11H2,1-3H3. The van der Waals surface area contributed by atoms with E-state index >= 15 is 0 Å². The van der Waals surface area contributed by atoms with E-state index < -0.39 is 6.10 Å². The van der Waals surface area contributed by atoms with Crippen molar-refractivity contribution in [2.45, 2.75) is 33.5 Å². The van der Waals surface area contributed by atoms with Crippen molar-refractivity contribution < 1.29 is 9.53 Å². The van der Waals surface area contributed by atoms with E-state index in [-0.39, 0.29) is 5.78 Å². The Morgan fingerprint density at radius 3 is 2.62 bits per heavy atom. The summed E-state index contributed by atoms with van der Waals surface area (Å²) in [5, 5.41) is 0. The van der Waals surface area contributed by atoms with E-state index in [9.17, 15) is 4.79 Å². The summed E-state index contributed by atoms with van der Waals surface area (Å²) in [6, 6.07) is 13.8. The van der Waals surface area contributed by atoms with E-state index in [2.05, 4.69) is 15.9 Å². The highest BCUT2D eigenvalue weighted by Crippen LogP contribution is 2.19. The van der Waals surface area contributed by atoms with Crippen LogP contribution in [0.2, 0.25) is 0 Å². The second-order valence-electron chi connectivity index (χ2n) is 5.23. The molecule has 0 heterocycles. The van der Waals surface area contributed by atoms with Crippen molar-refractivity contribution in [3.05, 3.63) is 69.2 Å². The Hall–Kier alpha value is -1.45. The van der Waals surface area contributed by atoms with Crippen LogP contribution in [0.25, 0.3) is 0 Å². The van der Waals surface area contributed by atoms with Crippen LogP contribution in [0.15, 0.2) is 46.9 Å². The van der Waals surface area contributed by atoms with Gasteiger partial charge in [0.05, 0.1) is 6.61 Å². The predicted octanol–water partition coefficient (Wildman–Crippen LogP) is 4.85. The normalized spacial score (nSPS) is 12.2. The lowest BCUT2D eigenvalue weighted by atomic mass is 9.99. The Morgan fingerprint density at radius 2 is 1.90 bits per heavy atom. The fourth-order valence-electron chi connectivity index (χ4n) is 2.13. The average molecular weight is 347 g/mol. The molecule has 0 bridgehead atoms. The van der Waals surface area contributed by atoms with Crippen LogP contribution in [-0.2, 0) is 11.3 Å². The number of hydrogen-bond donors (Lipinski definition) is 0. The van der Waals surface area contributed by atoms with Gasteiger partial charge >= 0.3 is 0 Å². The summed E-state index contributed by atoms with van der Waals surface area (Å²) in [4.78, 5) is 12.5. The number of aryl methyl sites for hydroxylation is 2. The second-order valence-corrected chi connectivity index (χ2v) is 6.08. The quantitative estimate of drug-likeness (QED) is 0.723. The lowest BCUT2D eigenvalue weighted by Crippen LogP contribution is -2.21. The minimum Gasteiger partial charge on any atom is -0.366 e. The Balaban J connectivity index is 2.06. The van der Waals surface area contributed by atoms with Crippen molar-refractivity contribution in [3.8, 4) is 0 Å².